The van der Waals surface area contributed by atoms with Gasteiger partial charge >= 0.3 is 0 Å². The molecule has 1 N–H and O–H groups in total. The second kappa shape index (κ2) is 9.25. The molecule has 33 heavy (non-hydrogen) atoms. The van der Waals surface area contributed by atoms with E-state index in [1.807, 2.05) is 55.6 Å². The van der Waals surface area contributed by atoms with Gasteiger partial charge in [-0.1, -0.05) is 12.1 Å². The van der Waals surface area contributed by atoms with Crippen molar-refractivity contribution in [3.8, 4) is 11.5 Å². The zero-order valence-corrected chi connectivity index (χ0v) is 19.2. The molecule has 0 spiro atoms. The van der Waals surface area contributed by atoms with Gasteiger partial charge in [0.05, 0.1) is 24.7 Å². The van der Waals surface area contributed by atoms with Gasteiger partial charge in [0, 0.05) is 37.5 Å². The molecule has 2 heterocycles. The van der Waals surface area contributed by atoms with E-state index in [0.29, 0.717) is 0 Å². The van der Waals surface area contributed by atoms with Crippen LogP contribution in [0.3, 0.4) is 0 Å². The molecular weight excluding hydrogens is 416 g/mol. The summed E-state index contributed by atoms with van der Waals surface area (Å²) >= 11 is 0. The number of carbonyl (C=O) groups is 1. The van der Waals surface area contributed by atoms with Gasteiger partial charge in [-0.25, -0.2) is 9.97 Å². The van der Waals surface area contributed by atoms with Crippen molar-refractivity contribution in [2.45, 2.75) is 45.3 Å². The molecule has 0 bridgehead atoms. The van der Waals surface area contributed by atoms with Gasteiger partial charge in [0.2, 0.25) is 11.9 Å². The number of hydrogen-bond acceptors (Lipinski definition) is 6. The summed E-state index contributed by atoms with van der Waals surface area (Å²) in [5, 5.41) is 3.87. The molecule has 1 aliphatic carbocycles. The van der Waals surface area contributed by atoms with E-state index in [1.54, 1.807) is 0 Å². The SMILES string of the molecule is CC(=O)NC(C)c1ccc2nc(N3CCC(Oc4cccc(OCC5CC5)c4)C3)ncc2c1. The highest BCUT2D eigenvalue weighted by molar-refractivity contribution is 5.80. The fraction of sp³-hybridized carbons (Fsp3) is 0.423. The van der Waals surface area contributed by atoms with Crippen LogP contribution in [0.2, 0.25) is 0 Å². The number of fused-ring (bicyclic) bond motifs is 1. The van der Waals surface area contributed by atoms with E-state index in [9.17, 15) is 4.79 Å². The standard InChI is InChI=1S/C26H30N4O3/c1-17(28-18(2)31)20-8-9-25-21(12-20)14-27-26(29-25)30-11-10-24(15-30)33-23-5-3-4-22(13-23)32-16-19-6-7-19/h3-5,8-9,12-14,17,19,24H,6-7,10-11,15-16H2,1-2H3,(H,28,31). The predicted molar refractivity (Wildman–Crippen MR) is 128 cm³/mol. The lowest BCUT2D eigenvalue weighted by molar-refractivity contribution is -0.119. The minimum Gasteiger partial charge on any atom is -0.493 e. The monoisotopic (exact) mass is 446 g/mol. The lowest BCUT2D eigenvalue weighted by Gasteiger charge is -2.18. The largest absolute Gasteiger partial charge is 0.493 e. The Balaban J connectivity index is 1.22. The van der Waals surface area contributed by atoms with Crippen LogP contribution in [0.5, 0.6) is 11.5 Å². The maximum atomic E-state index is 11.3. The minimum absolute atomic E-state index is 0.0440. The number of benzene rings is 2. The Hall–Kier alpha value is -3.35. The molecule has 3 aromatic rings. The molecule has 7 nitrogen and oxygen atoms in total. The summed E-state index contributed by atoms with van der Waals surface area (Å²) < 4.78 is 12.1. The van der Waals surface area contributed by atoms with Crippen molar-refractivity contribution in [1.29, 1.82) is 0 Å². The molecule has 2 unspecified atom stereocenters. The van der Waals surface area contributed by atoms with E-state index >= 15 is 0 Å². The molecule has 1 saturated heterocycles. The van der Waals surface area contributed by atoms with Crippen LogP contribution >= 0.6 is 0 Å². The summed E-state index contributed by atoms with van der Waals surface area (Å²) in [4.78, 5) is 22.9. The number of ether oxygens (including phenoxy) is 2. The highest BCUT2D eigenvalue weighted by atomic mass is 16.5. The molecule has 2 aliphatic rings. The molecule has 5 rings (SSSR count). The summed E-state index contributed by atoms with van der Waals surface area (Å²) in [5.41, 5.74) is 1.93. The molecule has 2 fully saturated rings. The Kier molecular flexibility index (Phi) is 6.03. The van der Waals surface area contributed by atoms with E-state index in [2.05, 4.69) is 15.2 Å². The number of amides is 1. The van der Waals surface area contributed by atoms with Crippen LogP contribution in [0.1, 0.15) is 44.7 Å². The van der Waals surface area contributed by atoms with Crippen molar-refractivity contribution in [3.05, 3.63) is 54.2 Å². The van der Waals surface area contributed by atoms with Gasteiger partial charge in [-0.2, -0.15) is 0 Å². The van der Waals surface area contributed by atoms with E-state index in [4.69, 9.17) is 14.5 Å². The normalized spacial score (nSPS) is 18.8. The van der Waals surface area contributed by atoms with Gasteiger partial charge in [-0.3, -0.25) is 4.79 Å². The lowest BCUT2D eigenvalue weighted by Crippen LogP contribution is -2.26. The molecule has 1 aromatic heterocycles. The van der Waals surface area contributed by atoms with Gasteiger partial charge in [0.15, 0.2) is 0 Å². The van der Waals surface area contributed by atoms with Gasteiger partial charge in [0.1, 0.15) is 17.6 Å². The smallest absolute Gasteiger partial charge is 0.226 e. The van der Waals surface area contributed by atoms with Gasteiger partial charge in [-0.15, -0.1) is 0 Å². The van der Waals surface area contributed by atoms with E-state index in [-0.39, 0.29) is 18.1 Å². The number of nitrogens with one attached hydrogen (secondary N) is 1. The molecular formula is C26H30N4O3. The van der Waals surface area contributed by atoms with Crippen LogP contribution in [0.25, 0.3) is 10.9 Å². The Bertz CT molecular complexity index is 1150. The van der Waals surface area contributed by atoms with Gasteiger partial charge in [-0.05, 0) is 55.5 Å². The second-order valence-electron chi connectivity index (χ2n) is 9.11. The van der Waals surface area contributed by atoms with E-state index in [1.165, 1.54) is 19.8 Å². The van der Waals surface area contributed by atoms with Crippen LogP contribution in [0.4, 0.5) is 5.95 Å². The zero-order valence-electron chi connectivity index (χ0n) is 19.2. The van der Waals surface area contributed by atoms with E-state index < -0.39 is 0 Å². The van der Waals surface area contributed by atoms with Crippen molar-refractivity contribution in [2.24, 2.45) is 5.92 Å². The van der Waals surface area contributed by atoms with Crippen LogP contribution in [-0.4, -0.2) is 41.7 Å². The molecule has 2 aromatic carbocycles. The minimum atomic E-state index is -0.0549. The first-order valence-electron chi connectivity index (χ1n) is 11.7. The number of aromatic nitrogens is 2. The highest BCUT2D eigenvalue weighted by Gasteiger charge is 2.26. The third kappa shape index (κ3) is 5.35. The predicted octanol–water partition coefficient (Wildman–Crippen LogP) is 4.27. The number of rotatable bonds is 8. The second-order valence-corrected chi connectivity index (χ2v) is 9.11. The average molecular weight is 447 g/mol. The first-order chi connectivity index (χ1) is 16.0. The van der Waals surface area contributed by atoms with Gasteiger partial charge in [0.25, 0.3) is 0 Å². The van der Waals surface area contributed by atoms with E-state index in [0.717, 1.165) is 65.9 Å². The first kappa shape index (κ1) is 21.5. The van der Waals surface area contributed by atoms with Crippen molar-refractivity contribution >= 4 is 22.8 Å². The Morgan fingerprint density at radius 3 is 2.85 bits per heavy atom. The zero-order chi connectivity index (χ0) is 22.8. The van der Waals surface area contributed by atoms with Crippen LogP contribution in [-0.2, 0) is 4.79 Å². The molecule has 172 valence electrons. The number of hydrogen-bond donors (Lipinski definition) is 1. The molecule has 7 heteroatoms. The Morgan fingerprint density at radius 2 is 2.03 bits per heavy atom. The van der Waals surface area contributed by atoms with Crippen LogP contribution in [0, 0.1) is 5.92 Å². The molecule has 1 aliphatic heterocycles. The summed E-state index contributed by atoms with van der Waals surface area (Å²) in [6.07, 6.45) is 5.42. The maximum Gasteiger partial charge on any atom is 0.226 e. The van der Waals surface area contributed by atoms with Crippen molar-refractivity contribution in [3.63, 3.8) is 0 Å². The summed E-state index contributed by atoms with van der Waals surface area (Å²) in [5.74, 6) is 3.12. The molecule has 2 atom stereocenters. The van der Waals surface area contributed by atoms with Crippen molar-refractivity contribution < 1.29 is 14.3 Å². The van der Waals surface area contributed by atoms with Crippen molar-refractivity contribution in [1.82, 2.24) is 15.3 Å². The topological polar surface area (TPSA) is 76.6 Å². The summed E-state index contributed by atoms with van der Waals surface area (Å²) in [6, 6.07) is 13.9. The van der Waals surface area contributed by atoms with Gasteiger partial charge < -0.3 is 19.7 Å². The Labute approximate surface area is 194 Å². The fourth-order valence-corrected chi connectivity index (χ4v) is 4.19. The third-order valence-electron chi connectivity index (χ3n) is 6.23. The number of nitrogens with zero attached hydrogens (tertiary/aromatic N) is 3. The maximum absolute atomic E-state index is 11.3. The van der Waals surface area contributed by atoms with Crippen LogP contribution in [0.15, 0.2) is 48.7 Å². The lowest BCUT2D eigenvalue weighted by atomic mass is 10.1. The highest BCUT2D eigenvalue weighted by Crippen LogP contribution is 2.31. The fourth-order valence-electron chi connectivity index (χ4n) is 4.19. The number of carbonyl (C=O) groups excluding carboxylic acids is 1. The third-order valence-corrected chi connectivity index (χ3v) is 6.23. The number of anilines is 1. The molecule has 1 amide bonds. The Morgan fingerprint density at radius 1 is 1.18 bits per heavy atom. The summed E-state index contributed by atoms with van der Waals surface area (Å²) in [6.45, 7) is 5.90. The van der Waals surface area contributed by atoms with Crippen molar-refractivity contribution in [2.75, 3.05) is 24.6 Å². The van der Waals surface area contributed by atoms with Crippen LogP contribution < -0.4 is 19.7 Å². The molecule has 1 saturated carbocycles. The summed E-state index contributed by atoms with van der Waals surface area (Å²) in [7, 11) is 0. The quantitative estimate of drug-likeness (QED) is 0.557. The molecule has 0 radical (unpaired) electrons. The first-order valence-corrected chi connectivity index (χ1v) is 11.7. The average Bonchev–Trinajstić information content (AvgIpc) is 3.53.